The van der Waals surface area contributed by atoms with Crippen molar-refractivity contribution in [3.63, 3.8) is 0 Å². The summed E-state index contributed by atoms with van der Waals surface area (Å²) in [6.45, 7) is 1.06. The summed E-state index contributed by atoms with van der Waals surface area (Å²) in [7, 11) is 0. The minimum atomic E-state index is -0.525. The molecule has 1 amide bonds. The van der Waals surface area contributed by atoms with Gasteiger partial charge < -0.3 is 20.5 Å². The smallest absolute Gasteiger partial charge is 0.269 e. The van der Waals surface area contributed by atoms with E-state index in [-0.39, 0.29) is 18.5 Å². The van der Waals surface area contributed by atoms with Gasteiger partial charge >= 0.3 is 0 Å². The van der Waals surface area contributed by atoms with Crippen LogP contribution in [-0.4, -0.2) is 29.0 Å². The fourth-order valence-electron chi connectivity index (χ4n) is 2.77. The number of nitrogens with two attached hydrogens (primary N) is 1. The number of fused-ring (bicyclic) bond motifs is 2. The maximum Gasteiger partial charge on any atom is 0.269 e. The van der Waals surface area contributed by atoms with Gasteiger partial charge in [0.05, 0.1) is 6.04 Å². The summed E-state index contributed by atoms with van der Waals surface area (Å²) in [6.07, 6.45) is 0.868. The molecule has 108 valence electrons. The van der Waals surface area contributed by atoms with Crippen LogP contribution in [0.25, 0.3) is 0 Å². The van der Waals surface area contributed by atoms with Crippen LogP contribution in [0.5, 0.6) is 11.5 Å². The Morgan fingerprint density at radius 2 is 2.19 bits per heavy atom. The van der Waals surface area contributed by atoms with Crippen LogP contribution in [0.3, 0.4) is 0 Å². The topological polar surface area (TPSA) is 91.4 Å². The van der Waals surface area contributed by atoms with Crippen LogP contribution in [0.15, 0.2) is 24.3 Å². The third kappa shape index (κ3) is 1.89. The summed E-state index contributed by atoms with van der Waals surface area (Å²) in [4.78, 5) is 11.3. The lowest BCUT2D eigenvalue weighted by Gasteiger charge is -2.26. The van der Waals surface area contributed by atoms with Gasteiger partial charge in [-0.25, -0.2) is 4.68 Å². The summed E-state index contributed by atoms with van der Waals surface area (Å²) < 4.78 is 12.6. The largest absolute Gasteiger partial charge is 0.454 e. The standard InChI is InChI=1S/C14H14N4O3/c15-14(19)9-6-13-16-4-3-10(18(13)17-9)8-1-2-11-12(5-8)21-7-20-11/h1-2,5-6,10,16H,3-4,7H2,(H2,15,19). The van der Waals surface area contributed by atoms with E-state index >= 15 is 0 Å². The van der Waals surface area contributed by atoms with E-state index in [1.165, 1.54) is 0 Å². The first-order valence-electron chi connectivity index (χ1n) is 6.75. The number of nitrogens with zero attached hydrogens (tertiary/aromatic N) is 2. The number of aromatic nitrogens is 2. The van der Waals surface area contributed by atoms with Crippen molar-refractivity contribution in [2.75, 3.05) is 18.7 Å². The summed E-state index contributed by atoms with van der Waals surface area (Å²) in [5.74, 6) is 1.78. The Morgan fingerprint density at radius 1 is 1.33 bits per heavy atom. The highest BCUT2D eigenvalue weighted by molar-refractivity contribution is 5.91. The number of anilines is 1. The number of carbonyl (C=O) groups excluding carboxylic acids is 1. The number of carbonyl (C=O) groups is 1. The van der Waals surface area contributed by atoms with Crippen LogP contribution >= 0.6 is 0 Å². The van der Waals surface area contributed by atoms with Crippen LogP contribution in [0.4, 0.5) is 5.82 Å². The van der Waals surface area contributed by atoms with Crippen molar-refractivity contribution in [3.8, 4) is 11.5 Å². The van der Waals surface area contributed by atoms with Crippen LogP contribution in [0.1, 0.15) is 28.5 Å². The Bertz CT molecular complexity index is 725. The zero-order valence-electron chi connectivity index (χ0n) is 11.2. The van der Waals surface area contributed by atoms with E-state index in [1.54, 1.807) is 10.7 Å². The molecule has 2 aliphatic heterocycles. The number of primary amides is 1. The van der Waals surface area contributed by atoms with Crippen molar-refractivity contribution in [1.82, 2.24) is 9.78 Å². The maximum absolute atomic E-state index is 11.3. The molecule has 0 saturated heterocycles. The van der Waals surface area contributed by atoms with Gasteiger partial charge in [0, 0.05) is 12.6 Å². The zero-order valence-corrected chi connectivity index (χ0v) is 11.2. The second-order valence-corrected chi connectivity index (χ2v) is 5.07. The van der Waals surface area contributed by atoms with Gasteiger partial charge in [0.1, 0.15) is 5.82 Å². The lowest BCUT2D eigenvalue weighted by Crippen LogP contribution is -2.24. The predicted molar refractivity (Wildman–Crippen MR) is 74.6 cm³/mol. The molecule has 7 nitrogen and oxygen atoms in total. The fraction of sp³-hybridized carbons (Fsp3) is 0.286. The van der Waals surface area contributed by atoms with Crippen molar-refractivity contribution in [2.45, 2.75) is 12.5 Å². The first-order valence-corrected chi connectivity index (χ1v) is 6.75. The first-order chi connectivity index (χ1) is 10.2. The molecule has 3 heterocycles. The van der Waals surface area contributed by atoms with Crippen molar-refractivity contribution in [3.05, 3.63) is 35.5 Å². The van der Waals surface area contributed by atoms with Crippen LogP contribution < -0.4 is 20.5 Å². The van der Waals surface area contributed by atoms with E-state index in [2.05, 4.69) is 10.4 Å². The number of hydrogen-bond donors (Lipinski definition) is 2. The third-order valence-corrected chi connectivity index (χ3v) is 3.79. The van der Waals surface area contributed by atoms with Crippen molar-refractivity contribution in [2.24, 2.45) is 5.73 Å². The van der Waals surface area contributed by atoms with E-state index in [1.807, 2.05) is 18.2 Å². The Labute approximate surface area is 120 Å². The summed E-state index contributed by atoms with van der Waals surface area (Å²) in [6, 6.07) is 7.59. The van der Waals surface area contributed by atoms with E-state index in [4.69, 9.17) is 15.2 Å². The zero-order chi connectivity index (χ0) is 14.4. The molecule has 2 aliphatic rings. The summed E-state index contributed by atoms with van der Waals surface area (Å²) in [5.41, 5.74) is 6.64. The second-order valence-electron chi connectivity index (χ2n) is 5.07. The van der Waals surface area contributed by atoms with Crippen molar-refractivity contribution < 1.29 is 14.3 Å². The molecular formula is C14H14N4O3. The quantitative estimate of drug-likeness (QED) is 0.863. The van der Waals surface area contributed by atoms with Crippen LogP contribution in [0.2, 0.25) is 0 Å². The number of hydrogen-bond acceptors (Lipinski definition) is 5. The molecular weight excluding hydrogens is 272 g/mol. The van der Waals surface area contributed by atoms with Crippen LogP contribution in [-0.2, 0) is 0 Å². The second kappa shape index (κ2) is 4.41. The van der Waals surface area contributed by atoms with Crippen molar-refractivity contribution in [1.29, 1.82) is 0 Å². The molecule has 0 bridgehead atoms. The Kier molecular flexibility index (Phi) is 2.53. The highest BCUT2D eigenvalue weighted by atomic mass is 16.7. The minimum absolute atomic E-state index is 0.0452. The first kappa shape index (κ1) is 12.1. The van der Waals surface area contributed by atoms with E-state index in [9.17, 15) is 4.79 Å². The lowest BCUT2D eigenvalue weighted by atomic mass is 10.0. The number of benzene rings is 1. The Hall–Kier alpha value is -2.70. The average molecular weight is 286 g/mol. The minimum Gasteiger partial charge on any atom is -0.454 e. The van der Waals surface area contributed by atoms with Gasteiger partial charge in [0.15, 0.2) is 17.2 Å². The predicted octanol–water partition coefficient (Wildman–Crippen LogP) is 1.12. The number of rotatable bonds is 2. The third-order valence-electron chi connectivity index (χ3n) is 3.79. The SMILES string of the molecule is NC(=O)c1cc2n(n1)C(c1ccc3c(c1)OCO3)CCN2. The molecule has 0 saturated carbocycles. The van der Waals surface area contributed by atoms with Gasteiger partial charge in [-0.2, -0.15) is 5.10 Å². The number of nitrogens with one attached hydrogen (secondary N) is 1. The van der Waals surface area contributed by atoms with Gasteiger partial charge in [-0.3, -0.25) is 4.79 Å². The van der Waals surface area contributed by atoms with Crippen LogP contribution in [0, 0.1) is 0 Å². The van der Waals surface area contributed by atoms with Gasteiger partial charge in [-0.05, 0) is 24.1 Å². The van der Waals surface area contributed by atoms with Gasteiger partial charge in [-0.15, -0.1) is 0 Å². The Balaban J connectivity index is 1.75. The van der Waals surface area contributed by atoms with Gasteiger partial charge in [0.25, 0.3) is 5.91 Å². The maximum atomic E-state index is 11.3. The van der Waals surface area contributed by atoms with E-state index in [0.29, 0.717) is 0 Å². The Morgan fingerprint density at radius 3 is 3.05 bits per heavy atom. The molecule has 1 unspecified atom stereocenters. The molecule has 1 atom stereocenters. The fourth-order valence-corrected chi connectivity index (χ4v) is 2.77. The molecule has 0 fully saturated rings. The molecule has 3 N–H and O–H groups in total. The van der Waals surface area contributed by atoms with Gasteiger partial charge in [0.2, 0.25) is 6.79 Å². The molecule has 2 aromatic rings. The van der Waals surface area contributed by atoms with E-state index < -0.39 is 5.91 Å². The highest BCUT2D eigenvalue weighted by Gasteiger charge is 2.26. The summed E-state index contributed by atoms with van der Waals surface area (Å²) >= 11 is 0. The molecule has 1 aromatic heterocycles. The molecule has 7 heteroatoms. The molecule has 21 heavy (non-hydrogen) atoms. The molecule has 0 radical (unpaired) electrons. The molecule has 4 rings (SSSR count). The monoisotopic (exact) mass is 286 g/mol. The highest BCUT2D eigenvalue weighted by Crippen LogP contribution is 2.37. The normalized spacial score (nSPS) is 19.0. The molecule has 1 aromatic carbocycles. The number of ether oxygens (including phenoxy) is 2. The number of amides is 1. The van der Waals surface area contributed by atoms with E-state index in [0.717, 1.165) is 35.8 Å². The lowest BCUT2D eigenvalue weighted by molar-refractivity contribution is 0.0994. The summed E-state index contributed by atoms with van der Waals surface area (Å²) in [5, 5.41) is 7.54. The van der Waals surface area contributed by atoms with Crippen molar-refractivity contribution >= 4 is 11.7 Å². The molecule has 0 aliphatic carbocycles. The average Bonchev–Trinajstić information content (AvgIpc) is 3.12. The van der Waals surface area contributed by atoms with Gasteiger partial charge in [-0.1, -0.05) is 6.07 Å². The molecule has 0 spiro atoms.